The van der Waals surface area contributed by atoms with E-state index in [1.165, 1.54) is 12.1 Å². The van der Waals surface area contributed by atoms with Crippen LogP contribution >= 0.6 is 0 Å². The molecule has 2 rings (SSSR count). The topological polar surface area (TPSA) is 190 Å². The molecule has 1 amide bonds. The minimum absolute atomic E-state index is 0. The highest BCUT2D eigenvalue weighted by Gasteiger charge is 2.38. The molecule has 1 aromatic carbocycles. The van der Waals surface area contributed by atoms with E-state index in [1.807, 2.05) is 0 Å². The molecule has 0 spiro atoms. The normalized spacial score (nSPS) is 10.5. The highest BCUT2D eigenvalue weighted by Crippen LogP contribution is 2.33. The van der Waals surface area contributed by atoms with Crippen LogP contribution in [0.25, 0.3) is 10.4 Å². The van der Waals surface area contributed by atoms with Crippen molar-refractivity contribution >= 4 is 23.4 Å². The van der Waals surface area contributed by atoms with E-state index in [2.05, 4.69) is 30.5 Å². The number of carbonyl (C=O) groups is 1. The fourth-order valence-electron chi connectivity index (χ4n) is 2.44. The minimum atomic E-state index is -4.95. The van der Waals surface area contributed by atoms with E-state index in [4.69, 9.17) is 20.7 Å². The maximum absolute atomic E-state index is 12.2. The summed E-state index contributed by atoms with van der Waals surface area (Å²) in [7, 11) is 0. The summed E-state index contributed by atoms with van der Waals surface area (Å²) in [6.07, 6.45) is -4.95. The number of amides is 1. The highest BCUT2D eigenvalue weighted by atomic mass is 19.4. The van der Waals surface area contributed by atoms with Crippen molar-refractivity contribution in [2.45, 2.75) is 26.8 Å². The molecule has 0 radical (unpaired) electrons. The number of hydrogen-bond acceptors (Lipinski definition) is 10. The third-order valence-corrected chi connectivity index (χ3v) is 4.01. The number of nitrogen functional groups attached to an aromatic ring is 1. The number of anilines is 2. The summed E-state index contributed by atoms with van der Waals surface area (Å²) in [6.45, 7) is 0.495. The Morgan fingerprint density at radius 1 is 1.17 bits per heavy atom. The predicted octanol–water partition coefficient (Wildman–Crippen LogP) is 3.59. The number of carbonyl (C=O) groups excluding carboxylic acids is 1. The zero-order valence-electron chi connectivity index (χ0n) is 17.6. The van der Waals surface area contributed by atoms with E-state index < -0.39 is 12.1 Å². The lowest BCUT2D eigenvalue weighted by atomic mass is 10.1. The number of hydrogen-bond donors (Lipinski definition) is 3. The second-order valence-electron chi connectivity index (χ2n) is 6.45. The van der Waals surface area contributed by atoms with Gasteiger partial charge in [-0.2, -0.15) is 23.1 Å². The largest absolute Gasteiger partial charge is 0.471 e. The lowest BCUT2D eigenvalue weighted by molar-refractivity contribution is -0.173. The van der Waals surface area contributed by atoms with Crippen molar-refractivity contribution in [3.05, 3.63) is 50.7 Å². The number of alkyl halides is 3. The zero-order chi connectivity index (χ0) is 25.0. The Hall–Kier alpha value is -4.17. The number of ether oxygens (including phenoxy) is 2. The third kappa shape index (κ3) is 9.69. The first-order chi connectivity index (χ1) is 16.2. The number of nitrogens with two attached hydrogens (primary N) is 1. The summed E-state index contributed by atoms with van der Waals surface area (Å²) in [6, 6.07) is 6.16. The van der Waals surface area contributed by atoms with Gasteiger partial charge in [0.2, 0.25) is 11.6 Å². The Morgan fingerprint density at radius 2 is 1.86 bits per heavy atom. The summed E-state index contributed by atoms with van der Waals surface area (Å²) in [5.74, 6) is -2.34. The van der Waals surface area contributed by atoms with Crippen molar-refractivity contribution in [2.75, 3.05) is 37.4 Å². The smallest absolute Gasteiger partial charge is 0.471 e. The van der Waals surface area contributed by atoms with E-state index in [0.717, 1.165) is 0 Å². The summed E-state index contributed by atoms with van der Waals surface area (Å²) >= 11 is 0. The van der Waals surface area contributed by atoms with Crippen LogP contribution in [0.3, 0.4) is 0 Å². The summed E-state index contributed by atoms with van der Waals surface area (Å²) in [5.41, 5.74) is 14.7. The quantitative estimate of drug-likeness (QED) is 0.122. The van der Waals surface area contributed by atoms with Crippen LogP contribution in [0, 0.1) is 4.91 Å². The van der Waals surface area contributed by atoms with Gasteiger partial charge in [0, 0.05) is 24.5 Å². The van der Waals surface area contributed by atoms with E-state index in [0.29, 0.717) is 11.1 Å². The van der Waals surface area contributed by atoms with Crippen molar-refractivity contribution in [3.8, 4) is 5.88 Å². The molecule has 0 saturated carbocycles. The van der Waals surface area contributed by atoms with Gasteiger partial charge in [-0.1, -0.05) is 36.8 Å². The lowest BCUT2D eigenvalue weighted by Crippen LogP contribution is -2.36. The Bertz CT molecular complexity index is 1030. The molecule has 0 aliphatic carbocycles. The van der Waals surface area contributed by atoms with Gasteiger partial charge in [-0.05, 0) is 21.8 Å². The van der Waals surface area contributed by atoms with Crippen molar-refractivity contribution in [2.24, 2.45) is 10.3 Å². The van der Waals surface area contributed by atoms with Crippen LogP contribution in [-0.2, 0) is 22.7 Å². The molecular weight excluding hydrogens is 475 g/mol. The van der Waals surface area contributed by atoms with Crippen LogP contribution in [0.2, 0.25) is 0 Å². The molecule has 0 bridgehead atoms. The van der Waals surface area contributed by atoms with Gasteiger partial charge >= 0.3 is 12.1 Å². The van der Waals surface area contributed by atoms with Crippen molar-refractivity contribution in [1.82, 2.24) is 15.3 Å². The first-order valence-electron chi connectivity index (χ1n) is 9.63. The maximum Gasteiger partial charge on any atom is 0.471 e. The van der Waals surface area contributed by atoms with Gasteiger partial charge in [-0.3, -0.25) is 4.79 Å². The Labute approximate surface area is 197 Å². The first-order valence-corrected chi connectivity index (χ1v) is 9.63. The van der Waals surface area contributed by atoms with Crippen LogP contribution in [0.4, 0.5) is 30.6 Å². The number of halogens is 3. The van der Waals surface area contributed by atoms with Crippen molar-refractivity contribution < 1.29 is 27.4 Å². The van der Waals surface area contributed by atoms with Crippen LogP contribution < -0.4 is 21.1 Å². The molecule has 16 heteroatoms. The number of benzene rings is 1. The Balaban J connectivity index is 0.00000612. The second kappa shape index (κ2) is 14.2. The predicted molar refractivity (Wildman–Crippen MR) is 121 cm³/mol. The van der Waals surface area contributed by atoms with E-state index in [-0.39, 0.29) is 70.2 Å². The van der Waals surface area contributed by atoms with Gasteiger partial charge in [0.05, 0.1) is 13.2 Å². The first kappa shape index (κ1) is 28.9. The van der Waals surface area contributed by atoms with Gasteiger partial charge < -0.3 is 25.8 Å². The average molecular weight is 499 g/mol. The SMILES string of the molecule is C.[N-]=[N+]=NCCOCCNc1nc(N)nc(OCc2ccc(CNC(=O)C(F)(F)F)cc2)c1N=O. The minimum Gasteiger partial charge on any atom is -0.471 e. The van der Waals surface area contributed by atoms with Gasteiger partial charge in [0.15, 0.2) is 5.82 Å². The Kier molecular flexibility index (Phi) is 11.7. The molecule has 35 heavy (non-hydrogen) atoms. The second-order valence-corrected chi connectivity index (χ2v) is 6.45. The fraction of sp³-hybridized carbons (Fsp3) is 0.421. The average Bonchev–Trinajstić information content (AvgIpc) is 2.80. The van der Waals surface area contributed by atoms with E-state index in [1.54, 1.807) is 17.4 Å². The standard InChI is InChI=1S/C18H20F3N9O4.CH4/c19-18(20,21)16(31)25-9-11-1-3-12(4-2-11)10-34-15-13(29-32)14(27-17(22)28-15)24-5-7-33-8-6-26-30-23;/h1-4H,5-10H2,(H,25,31)(H3,22,24,27,28);1H4. The third-order valence-electron chi connectivity index (χ3n) is 4.01. The number of rotatable bonds is 13. The lowest BCUT2D eigenvalue weighted by Gasteiger charge is -2.12. The zero-order valence-corrected chi connectivity index (χ0v) is 17.6. The molecule has 4 N–H and O–H groups in total. The summed E-state index contributed by atoms with van der Waals surface area (Å²) in [5, 5.41) is 10.8. The van der Waals surface area contributed by atoms with Crippen molar-refractivity contribution in [1.29, 1.82) is 0 Å². The summed E-state index contributed by atoms with van der Waals surface area (Å²) < 4.78 is 47.5. The van der Waals surface area contributed by atoms with Gasteiger partial charge in [0.1, 0.15) is 6.61 Å². The fourth-order valence-corrected chi connectivity index (χ4v) is 2.44. The molecular formula is C19H24F3N9O4. The van der Waals surface area contributed by atoms with Gasteiger partial charge in [0.25, 0.3) is 5.88 Å². The molecule has 0 unspecified atom stereocenters. The molecule has 2 aromatic rings. The molecule has 13 nitrogen and oxygen atoms in total. The van der Waals surface area contributed by atoms with Crippen LogP contribution in [-0.4, -0.2) is 48.4 Å². The highest BCUT2D eigenvalue weighted by molar-refractivity contribution is 5.81. The molecule has 0 aliphatic heterocycles. The molecule has 1 heterocycles. The maximum atomic E-state index is 12.2. The van der Waals surface area contributed by atoms with Crippen LogP contribution in [0.5, 0.6) is 5.88 Å². The number of nitrogens with zero attached hydrogens (tertiary/aromatic N) is 6. The molecule has 1 aromatic heterocycles. The monoisotopic (exact) mass is 499 g/mol. The van der Waals surface area contributed by atoms with Gasteiger partial charge in [-0.15, -0.1) is 4.91 Å². The number of azide groups is 1. The van der Waals surface area contributed by atoms with Gasteiger partial charge in [-0.25, -0.2) is 0 Å². The number of nitrogens with one attached hydrogen (secondary N) is 2. The molecule has 0 aliphatic rings. The molecule has 0 saturated heterocycles. The number of aromatic nitrogens is 2. The molecule has 190 valence electrons. The molecule has 0 fully saturated rings. The number of nitroso groups, excluding NO2 is 1. The van der Waals surface area contributed by atoms with E-state index >= 15 is 0 Å². The molecule has 0 atom stereocenters. The van der Waals surface area contributed by atoms with Crippen LogP contribution in [0.15, 0.2) is 34.6 Å². The summed E-state index contributed by atoms with van der Waals surface area (Å²) in [4.78, 5) is 32.6. The van der Waals surface area contributed by atoms with Crippen LogP contribution in [0.1, 0.15) is 18.6 Å². The Morgan fingerprint density at radius 3 is 2.49 bits per heavy atom. The van der Waals surface area contributed by atoms with E-state index in [9.17, 15) is 22.9 Å². The van der Waals surface area contributed by atoms with Crippen molar-refractivity contribution in [3.63, 3.8) is 0 Å².